The van der Waals surface area contributed by atoms with E-state index in [9.17, 15) is 4.79 Å². The van der Waals surface area contributed by atoms with Crippen LogP contribution >= 0.6 is 0 Å². The van der Waals surface area contributed by atoms with Gasteiger partial charge in [0, 0.05) is 6.04 Å². The molecule has 0 bridgehead atoms. The molecule has 88 valence electrons. The molecule has 0 aromatic heterocycles. The third-order valence-corrected chi connectivity index (χ3v) is 2.35. The summed E-state index contributed by atoms with van der Waals surface area (Å²) in [6, 6.07) is 7.73. The van der Waals surface area contributed by atoms with E-state index < -0.39 is 6.09 Å². The summed E-state index contributed by atoms with van der Waals surface area (Å²) < 4.78 is 0. The zero-order valence-corrected chi connectivity index (χ0v) is 9.60. The number of nitrogens with two attached hydrogens (primary N) is 1. The van der Waals surface area contributed by atoms with E-state index >= 15 is 0 Å². The molecule has 1 amide bonds. The fraction of sp³-hybridized carbons (Fsp3) is 0.417. The van der Waals surface area contributed by atoms with Gasteiger partial charge >= 0.3 is 6.09 Å². The topological polar surface area (TPSA) is 75.3 Å². The van der Waals surface area contributed by atoms with E-state index in [2.05, 4.69) is 5.32 Å². The molecule has 0 aliphatic heterocycles. The van der Waals surface area contributed by atoms with Gasteiger partial charge in [-0.1, -0.05) is 24.3 Å². The van der Waals surface area contributed by atoms with Crippen LogP contribution in [0, 0.1) is 0 Å². The van der Waals surface area contributed by atoms with Crippen LogP contribution in [0.1, 0.15) is 31.0 Å². The lowest BCUT2D eigenvalue weighted by Gasteiger charge is -2.13. The Labute approximate surface area is 95.5 Å². The van der Waals surface area contributed by atoms with Crippen molar-refractivity contribution in [3.8, 4) is 0 Å². The fourth-order valence-corrected chi connectivity index (χ4v) is 1.63. The van der Waals surface area contributed by atoms with Crippen LogP contribution in [0.15, 0.2) is 24.3 Å². The molecule has 4 nitrogen and oxygen atoms in total. The van der Waals surface area contributed by atoms with E-state index in [1.807, 2.05) is 38.1 Å². The number of hydrogen-bond donors (Lipinski definition) is 3. The van der Waals surface area contributed by atoms with Gasteiger partial charge in [-0.05, 0) is 31.4 Å². The Bertz CT molecular complexity index is 364. The number of rotatable bonds is 4. The highest BCUT2D eigenvalue weighted by Crippen LogP contribution is 2.14. The molecular weight excluding hydrogens is 204 g/mol. The first-order valence-corrected chi connectivity index (χ1v) is 5.33. The molecule has 0 saturated carbocycles. The number of hydrogen-bond acceptors (Lipinski definition) is 2. The summed E-state index contributed by atoms with van der Waals surface area (Å²) in [5.41, 5.74) is 7.81. The lowest BCUT2D eigenvalue weighted by Crippen LogP contribution is -2.24. The number of carbonyl (C=O) groups is 1. The maximum Gasteiger partial charge on any atom is 0.405 e. The Kier molecular flexibility index (Phi) is 4.31. The molecule has 4 heteroatoms. The molecule has 1 aromatic carbocycles. The number of nitrogens with one attached hydrogen (secondary N) is 1. The molecule has 0 heterocycles. The van der Waals surface area contributed by atoms with Gasteiger partial charge in [-0.2, -0.15) is 0 Å². The van der Waals surface area contributed by atoms with Crippen LogP contribution in [0.2, 0.25) is 0 Å². The third kappa shape index (κ3) is 3.90. The van der Waals surface area contributed by atoms with Gasteiger partial charge in [0.05, 0.1) is 6.04 Å². The van der Waals surface area contributed by atoms with Crippen LogP contribution in [0.5, 0.6) is 0 Å². The smallest absolute Gasteiger partial charge is 0.405 e. The van der Waals surface area contributed by atoms with E-state index in [0.29, 0.717) is 0 Å². The molecule has 2 atom stereocenters. The summed E-state index contributed by atoms with van der Waals surface area (Å²) in [5.74, 6) is 0. The van der Waals surface area contributed by atoms with Gasteiger partial charge < -0.3 is 16.2 Å². The van der Waals surface area contributed by atoms with E-state index in [0.717, 1.165) is 17.5 Å². The predicted molar refractivity (Wildman–Crippen MR) is 63.4 cm³/mol. The number of benzene rings is 1. The Balaban J connectivity index is 2.77. The highest BCUT2D eigenvalue weighted by atomic mass is 16.4. The lowest BCUT2D eigenvalue weighted by molar-refractivity contribution is 0.191. The predicted octanol–water partition coefficient (Wildman–Crippen LogP) is 1.90. The minimum absolute atomic E-state index is 0.109. The summed E-state index contributed by atoms with van der Waals surface area (Å²) in [7, 11) is 0. The molecule has 0 aliphatic carbocycles. The molecule has 16 heavy (non-hydrogen) atoms. The molecule has 0 saturated heterocycles. The van der Waals surface area contributed by atoms with E-state index in [4.69, 9.17) is 10.8 Å². The van der Waals surface area contributed by atoms with Gasteiger partial charge in [0.25, 0.3) is 0 Å². The zero-order chi connectivity index (χ0) is 12.1. The summed E-state index contributed by atoms with van der Waals surface area (Å²) in [4.78, 5) is 10.5. The molecule has 0 fully saturated rings. The standard InChI is InChI=1S/C12H18N2O2/c1-8(13)6-10-4-3-5-11(7-10)9(2)14-12(15)16/h3-5,7-9,14H,6,13H2,1-2H3,(H,15,16)/t8-,9+/m0/s1. The van der Waals surface area contributed by atoms with Crippen LogP contribution in [-0.2, 0) is 6.42 Å². The van der Waals surface area contributed by atoms with Gasteiger partial charge in [0.2, 0.25) is 0 Å². The second kappa shape index (κ2) is 5.51. The van der Waals surface area contributed by atoms with Crippen LogP contribution in [0.4, 0.5) is 4.79 Å². The van der Waals surface area contributed by atoms with Crippen LogP contribution in [0.25, 0.3) is 0 Å². The SMILES string of the molecule is C[C@H](N)Cc1cccc([C@@H](C)NC(=O)O)c1. The van der Waals surface area contributed by atoms with Crippen molar-refractivity contribution in [1.82, 2.24) is 5.32 Å². The monoisotopic (exact) mass is 222 g/mol. The van der Waals surface area contributed by atoms with Gasteiger partial charge in [-0.15, -0.1) is 0 Å². The van der Waals surface area contributed by atoms with Gasteiger partial charge in [-0.25, -0.2) is 4.79 Å². The fourth-order valence-electron chi connectivity index (χ4n) is 1.63. The minimum atomic E-state index is -1.01. The van der Waals surface area contributed by atoms with Crippen LogP contribution in [-0.4, -0.2) is 17.2 Å². The highest BCUT2D eigenvalue weighted by molar-refractivity contribution is 5.65. The first-order valence-electron chi connectivity index (χ1n) is 5.33. The lowest BCUT2D eigenvalue weighted by atomic mass is 10.0. The summed E-state index contributed by atoms with van der Waals surface area (Å²) in [5, 5.41) is 11.1. The van der Waals surface area contributed by atoms with Crippen molar-refractivity contribution < 1.29 is 9.90 Å². The molecule has 0 spiro atoms. The van der Waals surface area contributed by atoms with E-state index in [1.165, 1.54) is 0 Å². The maximum atomic E-state index is 10.5. The first kappa shape index (κ1) is 12.5. The van der Waals surface area contributed by atoms with Gasteiger partial charge in [0.15, 0.2) is 0 Å². The summed E-state index contributed by atoms with van der Waals surface area (Å²) in [6.45, 7) is 3.77. The summed E-state index contributed by atoms with van der Waals surface area (Å²) in [6.07, 6.45) is -0.210. The maximum absolute atomic E-state index is 10.5. The van der Waals surface area contributed by atoms with E-state index in [1.54, 1.807) is 0 Å². The van der Waals surface area contributed by atoms with Crippen molar-refractivity contribution in [2.24, 2.45) is 5.73 Å². The average molecular weight is 222 g/mol. The number of amides is 1. The Hall–Kier alpha value is -1.55. The molecule has 0 aliphatic rings. The van der Waals surface area contributed by atoms with Gasteiger partial charge in [-0.3, -0.25) is 0 Å². The van der Waals surface area contributed by atoms with Crippen LogP contribution in [0.3, 0.4) is 0 Å². The third-order valence-electron chi connectivity index (χ3n) is 2.35. The quantitative estimate of drug-likeness (QED) is 0.728. The Morgan fingerprint density at radius 1 is 1.50 bits per heavy atom. The second-order valence-corrected chi connectivity index (χ2v) is 4.10. The van der Waals surface area contributed by atoms with Crippen molar-refractivity contribution in [2.75, 3.05) is 0 Å². The normalized spacial score (nSPS) is 14.2. The van der Waals surface area contributed by atoms with Crippen molar-refractivity contribution >= 4 is 6.09 Å². The van der Waals surface area contributed by atoms with Crippen molar-refractivity contribution in [3.63, 3.8) is 0 Å². The Morgan fingerprint density at radius 2 is 2.19 bits per heavy atom. The van der Waals surface area contributed by atoms with Gasteiger partial charge in [0.1, 0.15) is 0 Å². The molecule has 0 radical (unpaired) electrons. The Morgan fingerprint density at radius 3 is 2.75 bits per heavy atom. The van der Waals surface area contributed by atoms with Crippen molar-refractivity contribution in [3.05, 3.63) is 35.4 Å². The number of carboxylic acid groups (broad SMARTS) is 1. The first-order chi connectivity index (χ1) is 7.49. The molecule has 0 unspecified atom stereocenters. The molecule has 4 N–H and O–H groups in total. The average Bonchev–Trinajstić information content (AvgIpc) is 2.16. The van der Waals surface area contributed by atoms with Crippen molar-refractivity contribution in [1.29, 1.82) is 0 Å². The molecule has 1 aromatic rings. The van der Waals surface area contributed by atoms with Crippen molar-refractivity contribution in [2.45, 2.75) is 32.4 Å². The minimum Gasteiger partial charge on any atom is -0.465 e. The molecule has 1 rings (SSSR count). The van der Waals surface area contributed by atoms with E-state index in [-0.39, 0.29) is 12.1 Å². The summed E-state index contributed by atoms with van der Waals surface area (Å²) >= 11 is 0. The highest BCUT2D eigenvalue weighted by Gasteiger charge is 2.08. The van der Waals surface area contributed by atoms with Crippen LogP contribution < -0.4 is 11.1 Å². The molecular formula is C12H18N2O2. The zero-order valence-electron chi connectivity index (χ0n) is 9.60. The largest absolute Gasteiger partial charge is 0.465 e. The second-order valence-electron chi connectivity index (χ2n) is 4.10.